The summed E-state index contributed by atoms with van der Waals surface area (Å²) >= 11 is 0. The second kappa shape index (κ2) is 5.80. The highest BCUT2D eigenvalue weighted by Gasteiger charge is 2.03. The van der Waals surface area contributed by atoms with Gasteiger partial charge in [-0.05, 0) is 28.3 Å². The summed E-state index contributed by atoms with van der Waals surface area (Å²) in [6.07, 6.45) is 0.870. The highest BCUT2D eigenvalue weighted by atomic mass is 16.1. The normalized spacial score (nSPS) is 10.3. The zero-order chi connectivity index (χ0) is 14.7. The minimum atomic E-state index is 0.703. The van der Waals surface area contributed by atoms with Crippen molar-refractivity contribution in [1.82, 2.24) is 0 Å². The smallest absolute Gasteiger partial charge is 0.150 e. The third kappa shape index (κ3) is 2.95. The second-order valence-corrected chi connectivity index (χ2v) is 5.19. The van der Waals surface area contributed by atoms with Gasteiger partial charge in [0.25, 0.3) is 0 Å². The van der Waals surface area contributed by atoms with E-state index in [1.807, 2.05) is 30.3 Å². The van der Waals surface area contributed by atoms with Crippen LogP contribution in [0.1, 0.15) is 10.4 Å². The monoisotopic (exact) mass is 270 g/mol. The van der Waals surface area contributed by atoms with E-state index in [2.05, 4.69) is 50.3 Å². The van der Waals surface area contributed by atoms with Gasteiger partial charge in [0.1, 0.15) is 14.1 Å². The van der Waals surface area contributed by atoms with E-state index >= 15 is 0 Å². The van der Waals surface area contributed by atoms with Crippen molar-refractivity contribution in [2.75, 3.05) is 0 Å². The van der Waals surface area contributed by atoms with Crippen molar-refractivity contribution >= 4 is 19.6 Å². The van der Waals surface area contributed by atoms with Crippen LogP contribution in [0.15, 0.2) is 72.8 Å². The molecule has 3 aromatic rings. The van der Waals surface area contributed by atoms with Gasteiger partial charge in [-0.3, -0.25) is 4.79 Å². The predicted octanol–water partition coefficient (Wildman–Crippen LogP) is 3.09. The van der Waals surface area contributed by atoms with Crippen LogP contribution in [0.25, 0.3) is 22.3 Å². The third-order valence-electron chi connectivity index (χ3n) is 3.56. The van der Waals surface area contributed by atoms with E-state index in [1.54, 1.807) is 0 Å². The summed E-state index contributed by atoms with van der Waals surface area (Å²) in [6, 6.07) is 24.6. The van der Waals surface area contributed by atoms with Crippen molar-refractivity contribution in [3.05, 3.63) is 78.4 Å². The lowest BCUT2D eigenvalue weighted by Gasteiger charge is -2.09. The van der Waals surface area contributed by atoms with Crippen molar-refractivity contribution in [2.24, 2.45) is 0 Å². The largest absolute Gasteiger partial charge is 0.298 e. The number of hydrogen-bond acceptors (Lipinski definition) is 1. The lowest BCUT2D eigenvalue weighted by molar-refractivity contribution is 0.112. The quantitative estimate of drug-likeness (QED) is 0.528. The SMILES string of the molecule is Bc1cc(-c2ccccc2)cc(-c2ccc(C=O)cc2)c1. The Morgan fingerprint density at radius 3 is 1.81 bits per heavy atom. The molecule has 0 aliphatic heterocycles. The van der Waals surface area contributed by atoms with Crippen molar-refractivity contribution in [2.45, 2.75) is 0 Å². The van der Waals surface area contributed by atoms with E-state index < -0.39 is 0 Å². The zero-order valence-electron chi connectivity index (χ0n) is 11.9. The summed E-state index contributed by atoms with van der Waals surface area (Å²) in [5.74, 6) is 0. The maximum absolute atomic E-state index is 10.7. The van der Waals surface area contributed by atoms with E-state index in [1.165, 1.54) is 22.2 Å². The van der Waals surface area contributed by atoms with Gasteiger partial charge in [-0.1, -0.05) is 72.2 Å². The van der Waals surface area contributed by atoms with Crippen molar-refractivity contribution in [3.8, 4) is 22.3 Å². The number of rotatable bonds is 3. The minimum absolute atomic E-state index is 0.703. The molecule has 3 rings (SSSR count). The van der Waals surface area contributed by atoms with Gasteiger partial charge in [0.15, 0.2) is 0 Å². The molecule has 0 radical (unpaired) electrons. The van der Waals surface area contributed by atoms with E-state index in [0.717, 1.165) is 11.8 Å². The van der Waals surface area contributed by atoms with Crippen LogP contribution in [-0.4, -0.2) is 14.1 Å². The fourth-order valence-corrected chi connectivity index (χ4v) is 2.50. The Morgan fingerprint density at radius 2 is 1.24 bits per heavy atom. The summed E-state index contributed by atoms with van der Waals surface area (Å²) in [6.45, 7) is 0. The molecule has 0 heterocycles. The minimum Gasteiger partial charge on any atom is -0.298 e. The molecule has 0 saturated carbocycles. The van der Waals surface area contributed by atoms with Crippen LogP contribution < -0.4 is 5.46 Å². The van der Waals surface area contributed by atoms with Crippen LogP contribution in [0.4, 0.5) is 0 Å². The molecule has 0 aliphatic carbocycles. The van der Waals surface area contributed by atoms with E-state index in [4.69, 9.17) is 0 Å². The molecule has 0 saturated heterocycles. The standard InChI is InChI=1S/C19H15BO/c20-19-11-17(15-4-2-1-3-5-15)10-18(12-19)16-8-6-14(13-21)7-9-16/h1-13H,20H2. The molecule has 0 bridgehead atoms. The van der Waals surface area contributed by atoms with Crippen LogP contribution >= 0.6 is 0 Å². The Kier molecular flexibility index (Phi) is 3.70. The zero-order valence-corrected chi connectivity index (χ0v) is 11.9. The molecule has 0 N–H and O–H groups in total. The van der Waals surface area contributed by atoms with Gasteiger partial charge in [0, 0.05) is 5.56 Å². The Bertz CT molecular complexity index is 761. The summed E-state index contributed by atoms with van der Waals surface area (Å²) in [7, 11) is 2.11. The van der Waals surface area contributed by atoms with Crippen molar-refractivity contribution in [3.63, 3.8) is 0 Å². The highest BCUT2D eigenvalue weighted by Crippen LogP contribution is 2.25. The van der Waals surface area contributed by atoms with Crippen molar-refractivity contribution in [1.29, 1.82) is 0 Å². The maximum atomic E-state index is 10.7. The van der Waals surface area contributed by atoms with Crippen LogP contribution in [0.5, 0.6) is 0 Å². The van der Waals surface area contributed by atoms with Gasteiger partial charge in [-0.15, -0.1) is 0 Å². The van der Waals surface area contributed by atoms with Gasteiger partial charge in [0.2, 0.25) is 0 Å². The summed E-state index contributed by atoms with van der Waals surface area (Å²) in [5, 5.41) is 0. The maximum Gasteiger partial charge on any atom is 0.150 e. The Labute approximate surface area is 125 Å². The van der Waals surface area contributed by atoms with Gasteiger partial charge >= 0.3 is 0 Å². The molecule has 3 aromatic carbocycles. The molecule has 0 spiro atoms. The fraction of sp³-hybridized carbons (Fsp3) is 0. The van der Waals surface area contributed by atoms with Gasteiger partial charge in [-0.25, -0.2) is 0 Å². The lowest BCUT2D eigenvalue weighted by Crippen LogP contribution is -2.02. The number of aldehydes is 1. The summed E-state index contributed by atoms with van der Waals surface area (Å²) < 4.78 is 0. The van der Waals surface area contributed by atoms with Crippen LogP contribution in [0, 0.1) is 0 Å². The topological polar surface area (TPSA) is 17.1 Å². The van der Waals surface area contributed by atoms with E-state index in [0.29, 0.717) is 5.56 Å². The van der Waals surface area contributed by atoms with Crippen molar-refractivity contribution < 1.29 is 4.79 Å². The molecular formula is C19H15BO. The molecule has 0 atom stereocenters. The first-order valence-electron chi connectivity index (χ1n) is 6.99. The Morgan fingerprint density at radius 1 is 0.667 bits per heavy atom. The molecule has 0 fully saturated rings. The van der Waals surface area contributed by atoms with Gasteiger partial charge in [0.05, 0.1) is 0 Å². The first-order chi connectivity index (χ1) is 10.3. The van der Waals surface area contributed by atoms with E-state index in [9.17, 15) is 4.79 Å². The van der Waals surface area contributed by atoms with Crippen LogP contribution in [0.2, 0.25) is 0 Å². The fourth-order valence-electron chi connectivity index (χ4n) is 2.50. The average molecular weight is 270 g/mol. The second-order valence-electron chi connectivity index (χ2n) is 5.19. The molecule has 100 valence electrons. The number of carbonyl (C=O) groups is 1. The van der Waals surface area contributed by atoms with Crippen LogP contribution in [0.3, 0.4) is 0 Å². The predicted molar refractivity (Wildman–Crippen MR) is 90.9 cm³/mol. The Hall–Kier alpha value is -2.61. The average Bonchev–Trinajstić information content (AvgIpc) is 2.55. The molecule has 0 unspecified atom stereocenters. The lowest BCUT2D eigenvalue weighted by atomic mass is 9.88. The number of carbonyl (C=O) groups excluding carboxylic acids is 1. The van der Waals surface area contributed by atoms with E-state index in [-0.39, 0.29) is 0 Å². The molecule has 2 heteroatoms. The number of benzene rings is 3. The molecule has 0 amide bonds. The Balaban J connectivity index is 2.07. The molecule has 0 aliphatic rings. The van der Waals surface area contributed by atoms with Gasteiger partial charge in [-0.2, -0.15) is 0 Å². The molecular weight excluding hydrogens is 255 g/mol. The first-order valence-corrected chi connectivity index (χ1v) is 6.99. The first kappa shape index (κ1) is 13.4. The summed E-state index contributed by atoms with van der Waals surface area (Å²) in [4.78, 5) is 10.7. The molecule has 21 heavy (non-hydrogen) atoms. The number of hydrogen-bond donors (Lipinski definition) is 0. The highest BCUT2D eigenvalue weighted by molar-refractivity contribution is 6.33. The molecule has 1 nitrogen and oxygen atoms in total. The molecule has 0 aromatic heterocycles. The van der Waals surface area contributed by atoms with Gasteiger partial charge < -0.3 is 0 Å². The summed E-state index contributed by atoms with van der Waals surface area (Å²) in [5.41, 5.74) is 6.66. The third-order valence-corrected chi connectivity index (χ3v) is 3.56. The van der Waals surface area contributed by atoms with Crippen LogP contribution in [-0.2, 0) is 0 Å².